The topological polar surface area (TPSA) is 96.0 Å². The molecule has 3 rings (SSSR count). The Kier molecular flexibility index (Phi) is 4.18. The number of nitrogens with one attached hydrogen (secondary N) is 3. The highest BCUT2D eigenvalue weighted by atomic mass is 16.2. The van der Waals surface area contributed by atoms with Crippen molar-refractivity contribution >= 4 is 23.2 Å². The van der Waals surface area contributed by atoms with Gasteiger partial charge in [-0.1, -0.05) is 0 Å². The fourth-order valence-electron chi connectivity index (χ4n) is 2.42. The van der Waals surface area contributed by atoms with E-state index in [1.807, 2.05) is 6.92 Å². The molecule has 0 radical (unpaired) electrons. The van der Waals surface area contributed by atoms with Crippen LogP contribution in [-0.4, -0.2) is 34.4 Å². The van der Waals surface area contributed by atoms with Crippen molar-refractivity contribution in [1.29, 1.82) is 0 Å². The van der Waals surface area contributed by atoms with E-state index in [-0.39, 0.29) is 24.4 Å². The number of carbonyl (C=O) groups excluding carboxylic acids is 2. The number of nitrogens with zero attached hydrogens (tertiary/aromatic N) is 2. The Morgan fingerprint density at radius 2 is 2.22 bits per heavy atom. The summed E-state index contributed by atoms with van der Waals surface area (Å²) in [5, 5.41) is 8.66. The molecule has 1 aromatic heterocycles. The van der Waals surface area contributed by atoms with E-state index in [1.54, 1.807) is 36.8 Å². The highest BCUT2D eigenvalue weighted by Gasteiger charge is 2.17. The molecule has 0 saturated heterocycles. The number of rotatable bonds is 4. The Bertz CT molecular complexity index is 733. The van der Waals surface area contributed by atoms with Gasteiger partial charge in [0.1, 0.15) is 0 Å². The number of hydrogen-bond donors (Lipinski definition) is 3. The monoisotopic (exact) mass is 311 g/mol. The smallest absolute Gasteiger partial charge is 0.251 e. The van der Waals surface area contributed by atoms with Crippen molar-refractivity contribution in [2.45, 2.75) is 19.4 Å². The van der Waals surface area contributed by atoms with E-state index in [0.717, 1.165) is 11.4 Å². The van der Waals surface area contributed by atoms with E-state index < -0.39 is 0 Å². The normalized spacial score (nSPS) is 14.2. The summed E-state index contributed by atoms with van der Waals surface area (Å²) in [5.41, 5.74) is 2.75. The largest absolute Gasteiger partial charge is 0.374 e. The summed E-state index contributed by atoms with van der Waals surface area (Å²) in [6, 6.07) is 5.11. The van der Waals surface area contributed by atoms with Crippen LogP contribution in [0.15, 0.2) is 36.8 Å². The number of anilines is 2. The Labute approximate surface area is 133 Å². The number of amides is 2. The van der Waals surface area contributed by atoms with Crippen LogP contribution in [0.3, 0.4) is 0 Å². The Morgan fingerprint density at radius 3 is 3.00 bits per heavy atom. The Morgan fingerprint density at radius 1 is 1.35 bits per heavy atom. The van der Waals surface area contributed by atoms with Crippen LogP contribution < -0.4 is 16.0 Å². The second kappa shape index (κ2) is 6.43. The Balaban J connectivity index is 1.66. The van der Waals surface area contributed by atoms with Gasteiger partial charge in [-0.25, -0.2) is 0 Å². The van der Waals surface area contributed by atoms with Crippen LogP contribution in [0.4, 0.5) is 11.4 Å². The molecule has 0 saturated carbocycles. The van der Waals surface area contributed by atoms with Crippen molar-refractivity contribution in [3.05, 3.63) is 48.0 Å². The van der Waals surface area contributed by atoms with Gasteiger partial charge in [0.15, 0.2) is 0 Å². The minimum atomic E-state index is -0.191. The van der Waals surface area contributed by atoms with Gasteiger partial charge in [-0.3, -0.25) is 19.6 Å². The van der Waals surface area contributed by atoms with Gasteiger partial charge in [0.05, 0.1) is 23.6 Å². The molecule has 0 aliphatic carbocycles. The molecule has 2 amide bonds. The predicted molar refractivity (Wildman–Crippen MR) is 86.2 cm³/mol. The SMILES string of the molecule is C[C@H](Cc1cnccn1)NC(=O)c1ccc2c(c1)NC(=O)CN2. The summed E-state index contributed by atoms with van der Waals surface area (Å²) in [7, 11) is 0. The minimum absolute atomic E-state index is 0.0806. The first-order valence-electron chi connectivity index (χ1n) is 7.35. The van der Waals surface area contributed by atoms with Gasteiger partial charge >= 0.3 is 0 Å². The zero-order chi connectivity index (χ0) is 16.2. The molecule has 1 aliphatic rings. The molecule has 1 atom stereocenters. The average Bonchev–Trinajstić information content (AvgIpc) is 2.54. The van der Waals surface area contributed by atoms with Crippen LogP contribution in [0.5, 0.6) is 0 Å². The van der Waals surface area contributed by atoms with Gasteiger partial charge < -0.3 is 16.0 Å². The highest BCUT2D eigenvalue weighted by molar-refractivity contribution is 6.03. The standard InChI is InChI=1S/C16H17N5O2/c1-10(6-12-8-17-4-5-18-12)20-16(23)11-2-3-13-14(7-11)21-15(22)9-19-13/h2-5,7-8,10,19H,6,9H2,1H3,(H,20,23)(H,21,22)/t10-/m1/s1. The molecule has 3 N–H and O–H groups in total. The fourth-order valence-corrected chi connectivity index (χ4v) is 2.42. The summed E-state index contributed by atoms with van der Waals surface area (Å²) in [6.45, 7) is 2.15. The first-order chi connectivity index (χ1) is 11.1. The van der Waals surface area contributed by atoms with E-state index in [2.05, 4.69) is 25.9 Å². The third-order valence-electron chi connectivity index (χ3n) is 3.50. The second-order valence-corrected chi connectivity index (χ2v) is 5.44. The molecule has 1 aromatic carbocycles. The molecule has 2 heterocycles. The maximum atomic E-state index is 12.3. The third kappa shape index (κ3) is 3.63. The molecule has 0 fully saturated rings. The number of benzene rings is 1. The van der Waals surface area contributed by atoms with Gasteiger partial charge in [0.2, 0.25) is 5.91 Å². The lowest BCUT2D eigenvalue weighted by molar-refractivity contribution is -0.114. The lowest BCUT2D eigenvalue weighted by atomic mass is 10.1. The lowest BCUT2D eigenvalue weighted by Gasteiger charge is -2.20. The molecule has 0 bridgehead atoms. The molecule has 7 heteroatoms. The second-order valence-electron chi connectivity index (χ2n) is 5.44. The van der Waals surface area contributed by atoms with Crippen molar-refractivity contribution in [1.82, 2.24) is 15.3 Å². The van der Waals surface area contributed by atoms with Crippen LogP contribution >= 0.6 is 0 Å². The number of carbonyl (C=O) groups is 2. The first kappa shape index (κ1) is 15.0. The van der Waals surface area contributed by atoms with Crippen molar-refractivity contribution in [3.8, 4) is 0 Å². The zero-order valence-electron chi connectivity index (χ0n) is 12.7. The van der Waals surface area contributed by atoms with Crippen LogP contribution in [0, 0.1) is 0 Å². The summed E-state index contributed by atoms with van der Waals surface area (Å²) in [6.07, 6.45) is 5.52. The molecular formula is C16H17N5O2. The van der Waals surface area contributed by atoms with Gasteiger partial charge in [0.25, 0.3) is 5.91 Å². The van der Waals surface area contributed by atoms with Gasteiger partial charge in [0, 0.05) is 36.6 Å². The van der Waals surface area contributed by atoms with E-state index >= 15 is 0 Å². The maximum absolute atomic E-state index is 12.3. The number of aromatic nitrogens is 2. The van der Waals surface area contributed by atoms with Gasteiger partial charge in [-0.2, -0.15) is 0 Å². The molecule has 2 aromatic rings. The molecule has 118 valence electrons. The van der Waals surface area contributed by atoms with Crippen molar-refractivity contribution < 1.29 is 9.59 Å². The highest BCUT2D eigenvalue weighted by Crippen LogP contribution is 2.25. The molecular weight excluding hydrogens is 294 g/mol. The summed E-state index contributed by atoms with van der Waals surface area (Å²) in [5.74, 6) is -0.310. The van der Waals surface area contributed by atoms with Gasteiger partial charge in [-0.15, -0.1) is 0 Å². The molecule has 0 unspecified atom stereocenters. The molecule has 7 nitrogen and oxygen atoms in total. The van der Waals surface area contributed by atoms with E-state index in [4.69, 9.17) is 0 Å². The van der Waals surface area contributed by atoms with Crippen LogP contribution in [-0.2, 0) is 11.2 Å². The first-order valence-corrected chi connectivity index (χ1v) is 7.35. The number of fused-ring (bicyclic) bond motifs is 1. The maximum Gasteiger partial charge on any atom is 0.251 e. The van der Waals surface area contributed by atoms with Crippen LogP contribution in [0.2, 0.25) is 0 Å². The van der Waals surface area contributed by atoms with E-state index in [0.29, 0.717) is 17.7 Å². The predicted octanol–water partition coefficient (Wildman–Crippen LogP) is 1.20. The summed E-state index contributed by atoms with van der Waals surface area (Å²) >= 11 is 0. The summed E-state index contributed by atoms with van der Waals surface area (Å²) < 4.78 is 0. The van der Waals surface area contributed by atoms with Crippen LogP contribution in [0.1, 0.15) is 23.0 Å². The minimum Gasteiger partial charge on any atom is -0.374 e. The summed E-state index contributed by atoms with van der Waals surface area (Å²) in [4.78, 5) is 31.9. The lowest BCUT2D eigenvalue weighted by Crippen LogP contribution is -2.34. The fraction of sp³-hybridized carbons (Fsp3) is 0.250. The average molecular weight is 311 g/mol. The molecule has 1 aliphatic heterocycles. The molecule has 0 spiro atoms. The van der Waals surface area contributed by atoms with E-state index in [9.17, 15) is 9.59 Å². The number of hydrogen-bond acceptors (Lipinski definition) is 5. The van der Waals surface area contributed by atoms with Crippen LogP contribution in [0.25, 0.3) is 0 Å². The van der Waals surface area contributed by atoms with Crippen molar-refractivity contribution in [2.24, 2.45) is 0 Å². The third-order valence-corrected chi connectivity index (χ3v) is 3.50. The van der Waals surface area contributed by atoms with E-state index in [1.165, 1.54) is 0 Å². The molecule has 23 heavy (non-hydrogen) atoms. The quantitative estimate of drug-likeness (QED) is 0.788. The van der Waals surface area contributed by atoms with Crippen molar-refractivity contribution in [3.63, 3.8) is 0 Å². The Hall–Kier alpha value is -2.96. The zero-order valence-corrected chi connectivity index (χ0v) is 12.7. The van der Waals surface area contributed by atoms with Crippen molar-refractivity contribution in [2.75, 3.05) is 17.2 Å². The van der Waals surface area contributed by atoms with Gasteiger partial charge in [-0.05, 0) is 25.1 Å².